The first-order chi connectivity index (χ1) is 6.99. The average Bonchev–Trinajstić information content (AvgIpc) is 2.17. The zero-order valence-electron chi connectivity index (χ0n) is 10.6. The van der Waals surface area contributed by atoms with Crippen molar-refractivity contribution in [2.75, 3.05) is 6.61 Å². The lowest BCUT2D eigenvalue weighted by atomic mass is 10.2. The third kappa shape index (κ3) is 3.10. The standard InChI is InChI=1S/C13H22OSi/c1-6-11-8-9-12(14-7-2)13(10-11)15(3,4)5/h8-10H,6-7H2,1-5H3. The number of hydrogen-bond donors (Lipinski definition) is 0. The normalized spacial score (nSPS) is 11.5. The van der Waals surface area contributed by atoms with Crippen LogP contribution in [0.25, 0.3) is 0 Å². The van der Waals surface area contributed by atoms with Crippen LogP contribution in [-0.2, 0) is 6.42 Å². The van der Waals surface area contributed by atoms with E-state index in [1.807, 2.05) is 6.92 Å². The Morgan fingerprint density at radius 1 is 1.13 bits per heavy atom. The maximum absolute atomic E-state index is 5.70. The Morgan fingerprint density at radius 2 is 1.80 bits per heavy atom. The molecule has 0 spiro atoms. The molecule has 0 radical (unpaired) electrons. The van der Waals surface area contributed by atoms with Gasteiger partial charge in [-0.15, -0.1) is 0 Å². The quantitative estimate of drug-likeness (QED) is 0.711. The highest BCUT2D eigenvalue weighted by atomic mass is 28.3. The molecule has 0 heterocycles. The van der Waals surface area contributed by atoms with Gasteiger partial charge in [-0.2, -0.15) is 0 Å². The van der Waals surface area contributed by atoms with Gasteiger partial charge in [-0.1, -0.05) is 38.7 Å². The molecule has 1 aromatic carbocycles. The highest BCUT2D eigenvalue weighted by molar-refractivity contribution is 6.89. The Bertz CT molecular complexity index is 326. The van der Waals surface area contributed by atoms with E-state index in [9.17, 15) is 0 Å². The van der Waals surface area contributed by atoms with Crippen LogP contribution in [0.5, 0.6) is 5.75 Å². The SMILES string of the molecule is CCOc1ccc(CC)cc1[Si](C)(C)C. The second-order valence-electron chi connectivity index (χ2n) is 4.87. The van der Waals surface area contributed by atoms with Crippen molar-refractivity contribution in [3.63, 3.8) is 0 Å². The van der Waals surface area contributed by atoms with E-state index in [-0.39, 0.29) is 0 Å². The molecule has 15 heavy (non-hydrogen) atoms. The van der Waals surface area contributed by atoms with Crippen molar-refractivity contribution in [3.05, 3.63) is 23.8 Å². The van der Waals surface area contributed by atoms with Gasteiger partial charge < -0.3 is 4.74 Å². The van der Waals surface area contributed by atoms with Crippen molar-refractivity contribution in [1.29, 1.82) is 0 Å². The van der Waals surface area contributed by atoms with Gasteiger partial charge in [0.2, 0.25) is 0 Å². The minimum Gasteiger partial charge on any atom is -0.494 e. The van der Waals surface area contributed by atoms with E-state index in [1.165, 1.54) is 10.8 Å². The summed E-state index contributed by atoms with van der Waals surface area (Å²) < 4.78 is 5.70. The van der Waals surface area contributed by atoms with E-state index in [0.29, 0.717) is 0 Å². The van der Waals surface area contributed by atoms with Crippen molar-refractivity contribution in [2.45, 2.75) is 39.9 Å². The van der Waals surface area contributed by atoms with E-state index >= 15 is 0 Å². The molecule has 2 heteroatoms. The van der Waals surface area contributed by atoms with Crippen molar-refractivity contribution >= 4 is 13.3 Å². The fourth-order valence-corrected chi connectivity index (χ4v) is 3.18. The highest BCUT2D eigenvalue weighted by Gasteiger charge is 2.21. The number of aryl methyl sites for hydroxylation is 1. The molecule has 0 saturated heterocycles. The highest BCUT2D eigenvalue weighted by Crippen LogP contribution is 2.16. The molecule has 1 nitrogen and oxygen atoms in total. The van der Waals surface area contributed by atoms with E-state index in [0.717, 1.165) is 18.8 Å². The van der Waals surface area contributed by atoms with Crippen LogP contribution in [0.3, 0.4) is 0 Å². The largest absolute Gasteiger partial charge is 0.494 e. The lowest BCUT2D eigenvalue weighted by molar-refractivity contribution is 0.342. The van der Waals surface area contributed by atoms with Gasteiger partial charge in [-0.05, 0) is 30.2 Å². The Labute approximate surface area is 94.5 Å². The molecule has 0 atom stereocenters. The van der Waals surface area contributed by atoms with E-state index < -0.39 is 8.07 Å². The van der Waals surface area contributed by atoms with Gasteiger partial charge in [-0.25, -0.2) is 0 Å². The fraction of sp³-hybridized carbons (Fsp3) is 0.538. The van der Waals surface area contributed by atoms with Crippen molar-refractivity contribution in [2.24, 2.45) is 0 Å². The minimum atomic E-state index is -1.29. The van der Waals surface area contributed by atoms with Gasteiger partial charge in [0.25, 0.3) is 0 Å². The molecule has 0 amide bonds. The van der Waals surface area contributed by atoms with Gasteiger partial charge in [0.05, 0.1) is 14.7 Å². The van der Waals surface area contributed by atoms with Crippen LogP contribution in [-0.4, -0.2) is 14.7 Å². The van der Waals surface area contributed by atoms with Crippen LogP contribution in [0.4, 0.5) is 0 Å². The summed E-state index contributed by atoms with van der Waals surface area (Å²) in [5, 5.41) is 1.45. The molecule has 0 aliphatic carbocycles. The Hall–Kier alpha value is -0.763. The Morgan fingerprint density at radius 3 is 2.27 bits per heavy atom. The summed E-state index contributed by atoms with van der Waals surface area (Å²) in [6.45, 7) is 12.1. The molecule has 1 rings (SSSR count). The summed E-state index contributed by atoms with van der Waals surface area (Å²) in [4.78, 5) is 0. The summed E-state index contributed by atoms with van der Waals surface area (Å²) >= 11 is 0. The van der Waals surface area contributed by atoms with Crippen molar-refractivity contribution in [3.8, 4) is 5.75 Å². The Kier molecular flexibility index (Phi) is 3.97. The van der Waals surface area contributed by atoms with Crippen LogP contribution in [0, 0.1) is 0 Å². The summed E-state index contributed by atoms with van der Waals surface area (Å²) in [6, 6.07) is 6.64. The zero-order valence-corrected chi connectivity index (χ0v) is 11.6. The summed E-state index contributed by atoms with van der Waals surface area (Å²) in [5.74, 6) is 1.09. The molecular formula is C13H22OSi. The molecule has 0 bridgehead atoms. The monoisotopic (exact) mass is 222 g/mol. The molecular weight excluding hydrogens is 200 g/mol. The third-order valence-corrected chi connectivity index (χ3v) is 4.57. The van der Waals surface area contributed by atoms with Gasteiger partial charge in [0.1, 0.15) is 5.75 Å². The van der Waals surface area contributed by atoms with E-state index in [1.54, 1.807) is 0 Å². The predicted octanol–water partition coefficient (Wildman–Crippen LogP) is 3.19. The van der Waals surface area contributed by atoms with Crippen molar-refractivity contribution in [1.82, 2.24) is 0 Å². The summed E-state index contributed by atoms with van der Waals surface area (Å²) in [6.07, 6.45) is 1.10. The zero-order chi connectivity index (χ0) is 11.5. The summed E-state index contributed by atoms with van der Waals surface area (Å²) in [5.41, 5.74) is 1.41. The molecule has 1 aromatic rings. The smallest absolute Gasteiger partial charge is 0.118 e. The predicted molar refractivity (Wildman–Crippen MR) is 70.0 cm³/mol. The lowest BCUT2D eigenvalue weighted by Crippen LogP contribution is -2.39. The molecule has 0 fully saturated rings. The van der Waals surface area contributed by atoms with Crippen LogP contribution in [0.2, 0.25) is 19.6 Å². The first-order valence-corrected chi connectivity index (χ1v) is 9.25. The van der Waals surface area contributed by atoms with E-state index in [2.05, 4.69) is 44.8 Å². The first kappa shape index (κ1) is 12.3. The van der Waals surface area contributed by atoms with Gasteiger partial charge >= 0.3 is 0 Å². The van der Waals surface area contributed by atoms with Crippen molar-refractivity contribution < 1.29 is 4.74 Å². The number of hydrogen-bond acceptors (Lipinski definition) is 1. The molecule has 0 aliphatic heterocycles. The Balaban J connectivity index is 3.16. The minimum absolute atomic E-state index is 0.753. The first-order valence-electron chi connectivity index (χ1n) is 5.75. The molecule has 0 unspecified atom stereocenters. The molecule has 0 saturated carbocycles. The molecule has 84 valence electrons. The maximum atomic E-state index is 5.70. The molecule has 0 aliphatic rings. The molecule has 0 aromatic heterocycles. The maximum Gasteiger partial charge on any atom is 0.118 e. The van der Waals surface area contributed by atoms with Crippen LogP contribution < -0.4 is 9.92 Å². The van der Waals surface area contributed by atoms with Gasteiger partial charge in [0, 0.05) is 0 Å². The average molecular weight is 222 g/mol. The van der Waals surface area contributed by atoms with Gasteiger partial charge in [0.15, 0.2) is 0 Å². The third-order valence-electron chi connectivity index (χ3n) is 2.56. The van der Waals surface area contributed by atoms with Crippen LogP contribution >= 0.6 is 0 Å². The number of rotatable bonds is 4. The van der Waals surface area contributed by atoms with E-state index in [4.69, 9.17) is 4.74 Å². The second-order valence-corrected chi connectivity index (χ2v) is 9.91. The second kappa shape index (κ2) is 4.84. The summed E-state index contributed by atoms with van der Waals surface area (Å²) in [7, 11) is -1.29. The van der Waals surface area contributed by atoms with Gasteiger partial charge in [-0.3, -0.25) is 0 Å². The fourth-order valence-electron chi connectivity index (χ4n) is 1.66. The number of ether oxygens (including phenoxy) is 1. The van der Waals surface area contributed by atoms with Crippen LogP contribution in [0.1, 0.15) is 19.4 Å². The number of benzene rings is 1. The topological polar surface area (TPSA) is 9.23 Å². The molecule has 0 N–H and O–H groups in total. The van der Waals surface area contributed by atoms with Crippen LogP contribution in [0.15, 0.2) is 18.2 Å². The lowest BCUT2D eigenvalue weighted by Gasteiger charge is -2.21.